The third-order valence-electron chi connectivity index (χ3n) is 7.90. The predicted octanol–water partition coefficient (Wildman–Crippen LogP) is 4.32. The number of carbonyl (C=O) groups is 3. The number of carbonyl (C=O) groups excluding carboxylic acids is 3. The molecule has 10 heteroatoms. The van der Waals surface area contributed by atoms with E-state index in [1.54, 1.807) is 74.0 Å². The molecular formula is C34H43N5O5. The normalized spacial score (nSPS) is 14.2. The molecule has 3 aromatic rings. The van der Waals surface area contributed by atoms with Crippen LogP contribution in [0.5, 0.6) is 11.5 Å². The van der Waals surface area contributed by atoms with Crippen LogP contribution < -0.4 is 24.6 Å². The molecule has 0 spiro atoms. The number of ether oxygens (including phenoxy) is 2. The zero-order valence-corrected chi connectivity index (χ0v) is 26.6. The fourth-order valence-corrected chi connectivity index (χ4v) is 5.22. The molecule has 2 heterocycles. The van der Waals surface area contributed by atoms with Crippen LogP contribution in [-0.2, 0) is 22.6 Å². The predicted molar refractivity (Wildman–Crippen MR) is 171 cm³/mol. The summed E-state index contributed by atoms with van der Waals surface area (Å²) in [6.07, 6.45) is 3.33. The maximum absolute atomic E-state index is 13.1. The first-order valence-electron chi connectivity index (χ1n) is 15.0. The summed E-state index contributed by atoms with van der Waals surface area (Å²) in [5.74, 6) is 0.885. The maximum atomic E-state index is 13.1. The second-order valence-electron chi connectivity index (χ2n) is 11.4. The Bertz CT molecular complexity index is 1470. The van der Waals surface area contributed by atoms with Gasteiger partial charge >= 0.3 is 0 Å². The van der Waals surface area contributed by atoms with Crippen molar-refractivity contribution in [2.45, 2.75) is 40.2 Å². The number of fused-ring (bicyclic) bond motifs is 1. The molecule has 0 saturated carbocycles. The quantitative estimate of drug-likeness (QED) is 0.230. The van der Waals surface area contributed by atoms with Crippen LogP contribution in [0.15, 0.2) is 60.8 Å². The van der Waals surface area contributed by atoms with Crippen molar-refractivity contribution < 1.29 is 23.9 Å². The Morgan fingerprint density at radius 3 is 2.43 bits per heavy atom. The van der Waals surface area contributed by atoms with Gasteiger partial charge in [0.25, 0.3) is 5.91 Å². The van der Waals surface area contributed by atoms with Crippen LogP contribution >= 0.6 is 0 Å². The average molecular weight is 602 g/mol. The minimum Gasteiger partial charge on any atom is -0.497 e. The molecule has 2 aromatic carbocycles. The van der Waals surface area contributed by atoms with E-state index in [2.05, 4.69) is 16.4 Å². The molecule has 0 radical (unpaired) electrons. The molecule has 1 aliphatic rings. The number of rotatable bonds is 13. The van der Waals surface area contributed by atoms with Gasteiger partial charge in [-0.25, -0.2) is 0 Å². The maximum Gasteiger partial charge on any atom is 0.253 e. The number of aromatic nitrogens is 1. The number of benzene rings is 2. The van der Waals surface area contributed by atoms with Gasteiger partial charge in [-0.05, 0) is 87.7 Å². The van der Waals surface area contributed by atoms with Crippen molar-refractivity contribution in [2.75, 3.05) is 57.2 Å². The van der Waals surface area contributed by atoms with Crippen molar-refractivity contribution in [1.82, 2.24) is 15.2 Å². The Hall–Kier alpha value is -4.44. The second-order valence-corrected chi connectivity index (χ2v) is 11.4. The van der Waals surface area contributed by atoms with Crippen molar-refractivity contribution in [3.05, 3.63) is 77.6 Å². The number of methoxy groups -OCH3 is 1. The molecule has 44 heavy (non-hydrogen) atoms. The fourth-order valence-electron chi connectivity index (χ4n) is 5.22. The van der Waals surface area contributed by atoms with Crippen molar-refractivity contribution in [1.29, 1.82) is 0 Å². The van der Waals surface area contributed by atoms with Crippen molar-refractivity contribution in [3.8, 4) is 11.5 Å². The molecule has 0 bridgehead atoms. The first-order valence-corrected chi connectivity index (χ1v) is 15.0. The Kier molecular flexibility index (Phi) is 10.6. The van der Waals surface area contributed by atoms with Gasteiger partial charge in [0.15, 0.2) is 0 Å². The second kappa shape index (κ2) is 14.4. The minimum atomic E-state index is -1.14. The van der Waals surface area contributed by atoms with Crippen LogP contribution in [0, 0.1) is 5.41 Å². The highest BCUT2D eigenvalue weighted by atomic mass is 16.5. The summed E-state index contributed by atoms with van der Waals surface area (Å²) in [5.41, 5.74) is 2.95. The molecule has 1 N–H and O–H groups in total. The first kappa shape index (κ1) is 32.5. The topological polar surface area (TPSA) is 104 Å². The molecule has 1 aromatic heterocycles. The molecule has 4 rings (SSSR count). The van der Waals surface area contributed by atoms with Crippen LogP contribution in [0.3, 0.4) is 0 Å². The molecule has 0 saturated heterocycles. The zero-order valence-electron chi connectivity index (χ0n) is 26.6. The van der Waals surface area contributed by atoms with Crippen LogP contribution in [0.4, 0.5) is 11.4 Å². The van der Waals surface area contributed by atoms with Gasteiger partial charge in [-0.1, -0.05) is 0 Å². The summed E-state index contributed by atoms with van der Waals surface area (Å²) in [4.78, 5) is 48.2. The van der Waals surface area contributed by atoms with E-state index in [1.165, 1.54) is 0 Å². The molecule has 3 amide bonds. The number of likely N-dealkylation sites (N-methyl/N-ethyl adjacent to an activating group) is 1. The van der Waals surface area contributed by atoms with Crippen LogP contribution in [-0.4, -0.2) is 75.1 Å². The van der Waals surface area contributed by atoms with Crippen molar-refractivity contribution >= 4 is 29.1 Å². The molecule has 234 valence electrons. The lowest BCUT2D eigenvalue weighted by molar-refractivity contribution is -0.137. The van der Waals surface area contributed by atoms with Gasteiger partial charge in [-0.3, -0.25) is 19.4 Å². The number of aryl methyl sites for hydroxylation is 1. The highest BCUT2D eigenvalue weighted by Crippen LogP contribution is 2.40. The lowest BCUT2D eigenvalue weighted by Crippen LogP contribution is -2.47. The molecule has 10 nitrogen and oxygen atoms in total. The monoisotopic (exact) mass is 601 g/mol. The van der Waals surface area contributed by atoms with Crippen LogP contribution in [0.2, 0.25) is 0 Å². The van der Waals surface area contributed by atoms with Gasteiger partial charge in [0, 0.05) is 63.8 Å². The van der Waals surface area contributed by atoms with Crippen molar-refractivity contribution in [2.24, 2.45) is 5.41 Å². The number of nitrogens with zero attached hydrogens (tertiary/aromatic N) is 4. The summed E-state index contributed by atoms with van der Waals surface area (Å²) < 4.78 is 11.2. The largest absolute Gasteiger partial charge is 0.497 e. The number of pyridine rings is 1. The molecule has 0 atom stereocenters. The molecular weight excluding hydrogens is 558 g/mol. The number of nitrogens with one attached hydrogen (secondary N) is 1. The summed E-state index contributed by atoms with van der Waals surface area (Å²) in [6, 6.07) is 16.7. The standard InChI is InChI=1S/C34H43N5O5/c1-7-39-29-15-14-28(22-30(29)38(5)32(41)34(2,3)33(39)42)44-20-8-9-26-21-24(16-17-36-26)23-35-18-19-37(4)31(40)25-10-12-27(43-6)13-11-25/h10-17,21-22,35H,7-9,18-20,23H2,1-6H3. The van der Waals surface area contributed by atoms with E-state index >= 15 is 0 Å². The lowest BCUT2D eigenvalue weighted by Gasteiger charge is -2.27. The summed E-state index contributed by atoms with van der Waals surface area (Å²) in [6.45, 7) is 8.12. The third-order valence-corrected chi connectivity index (χ3v) is 7.90. The summed E-state index contributed by atoms with van der Waals surface area (Å²) >= 11 is 0. The van der Waals surface area contributed by atoms with Crippen molar-refractivity contribution in [3.63, 3.8) is 0 Å². The van der Waals surface area contributed by atoms with E-state index in [1.807, 2.05) is 37.4 Å². The van der Waals surface area contributed by atoms with Gasteiger partial charge in [-0.2, -0.15) is 0 Å². The molecule has 0 fully saturated rings. The van der Waals surface area contributed by atoms with E-state index in [0.717, 1.165) is 29.8 Å². The SMILES string of the molecule is CCN1C(=O)C(C)(C)C(=O)N(C)c2cc(OCCCc3cc(CNCCN(C)C(=O)c4ccc(OC)cc4)ccn3)ccc21. The number of hydrogen-bond acceptors (Lipinski definition) is 7. The third kappa shape index (κ3) is 7.37. The Labute approximate surface area is 260 Å². The smallest absolute Gasteiger partial charge is 0.253 e. The Morgan fingerprint density at radius 1 is 1.00 bits per heavy atom. The zero-order chi connectivity index (χ0) is 31.9. The van der Waals surface area contributed by atoms with Crippen LogP contribution in [0.1, 0.15) is 48.8 Å². The number of anilines is 2. The van der Waals surface area contributed by atoms with Gasteiger partial charge in [-0.15, -0.1) is 0 Å². The van der Waals surface area contributed by atoms with E-state index in [-0.39, 0.29) is 17.7 Å². The Balaban J connectivity index is 1.24. The summed E-state index contributed by atoms with van der Waals surface area (Å²) in [5, 5.41) is 3.41. The van der Waals surface area contributed by atoms with Gasteiger partial charge < -0.3 is 29.5 Å². The van der Waals surface area contributed by atoms with Gasteiger partial charge in [0.05, 0.1) is 25.1 Å². The lowest BCUT2D eigenvalue weighted by atomic mass is 9.90. The van der Waals surface area contributed by atoms with Gasteiger partial charge in [0.1, 0.15) is 16.9 Å². The molecule has 1 aliphatic heterocycles. The van der Waals surface area contributed by atoms with E-state index < -0.39 is 5.41 Å². The molecule has 0 aliphatic carbocycles. The first-order chi connectivity index (χ1) is 21.1. The minimum absolute atomic E-state index is 0.0313. The summed E-state index contributed by atoms with van der Waals surface area (Å²) in [7, 11) is 5.10. The fraction of sp³-hybridized carbons (Fsp3) is 0.412. The van der Waals surface area contributed by atoms with E-state index in [0.29, 0.717) is 55.5 Å². The molecule has 0 unspecified atom stereocenters. The van der Waals surface area contributed by atoms with E-state index in [9.17, 15) is 14.4 Å². The number of amides is 3. The average Bonchev–Trinajstić information content (AvgIpc) is 3.09. The highest BCUT2D eigenvalue weighted by Gasteiger charge is 2.45. The number of hydrogen-bond donors (Lipinski definition) is 1. The van der Waals surface area contributed by atoms with E-state index in [4.69, 9.17) is 9.47 Å². The Morgan fingerprint density at radius 2 is 1.73 bits per heavy atom. The highest BCUT2D eigenvalue weighted by molar-refractivity contribution is 6.20. The van der Waals surface area contributed by atoms with Crippen LogP contribution in [0.25, 0.3) is 0 Å². The van der Waals surface area contributed by atoms with Gasteiger partial charge in [0.2, 0.25) is 11.8 Å².